The lowest BCUT2D eigenvalue weighted by Crippen LogP contribution is -2.30. The van der Waals surface area contributed by atoms with Gasteiger partial charge in [-0.15, -0.1) is 0 Å². The van der Waals surface area contributed by atoms with Gasteiger partial charge in [-0.1, -0.05) is 11.6 Å². The van der Waals surface area contributed by atoms with Crippen LogP contribution in [-0.2, 0) is 0 Å². The Morgan fingerprint density at radius 2 is 2.33 bits per heavy atom. The average molecular weight is 268 g/mol. The normalized spacial score (nSPS) is 16.4. The van der Waals surface area contributed by atoms with Crippen molar-refractivity contribution in [2.24, 2.45) is 0 Å². The number of nitrogens with zero attached hydrogens (tertiary/aromatic N) is 2. The molecule has 0 saturated carbocycles. The Balaban J connectivity index is 2.26. The van der Waals surface area contributed by atoms with Crippen LogP contribution in [0.5, 0.6) is 0 Å². The largest absolute Gasteiger partial charge is 0.397 e. The fraction of sp³-hybridized carbons (Fsp3) is 0.364. The van der Waals surface area contributed by atoms with Crippen molar-refractivity contribution >= 4 is 27.4 Å². The SMILES string of the molecule is CC1=CCCN(c2ncc(N)cc2Br)C1. The summed E-state index contributed by atoms with van der Waals surface area (Å²) in [6, 6.07) is 1.90. The average Bonchev–Trinajstić information content (AvgIpc) is 2.17. The second-order valence-electron chi connectivity index (χ2n) is 3.83. The summed E-state index contributed by atoms with van der Waals surface area (Å²) in [6.45, 7) is 4.12. The third kappa shape index (κ3) is 2.31. The molecule has 0 aliphatic carbocycles. The predicted molar refractivity (Wildman–Crippen MR) is 66.9 cm³/mol. The van der Waals surface area contributed by atoms with Gasteiger partial charge in [0.25, 0.3) is 0 Å². The zero-order valence-corrected chi connectivity index (χ0v) is 10.3. The van der Waals surface area contributed by atoms with Gasteiger partial charge in [-0.3, -0.25) is 0 Å². The molecular formula is C11H14BrN3. The second kappa shape index (κ2) is 4.23. The number of aromatic nitrogens is 1. The maximum absolute atomic E-state index is 5.66. The van der Waals surface area contributed by atoms with Crippen molar-refractivity contribution in [3.05, 3.63) is 28.4 Å². The van der Waals surface area contributed by atoms with Crippen molar-refractivity contribution in [1.82, 2.24) is 4.98 Å². The Bertz CT molecular complexity index is 401. The summed E-state index contributed by atoms with van der Waals surface area (Å²) in [6.07, 6.45) is 5.07. The van der Waals surface area contributed by atoms with Crippen molar-refractivity contribution < 1.29 is 0 Å². The van der Waals surface area contributed by atoms with Gasteiger partial charge >= 0.3 is 0 Å². The van der Waals surface area contributed by atoms with Crippen molar-refractivity contribution in [3.63, 3.8) is 0 Å². The van der Waals surface area contributed by atoms with E-state index in [0.717, 1.165) is 29.8 Å². The van der Waals surface area contributed by atoms with Crippen LogP contribution in [0.2, 0.25) is 0 Å². The van der Waals surface area contributed by atoms with Crippen LogP contribution in [0.4, 0.5) is 11.5 Å². The molecule has 0 unspecified atom stereocenters. The first kappa shape index (κ1) is 10.5. The van der Waals surface area contributed by atoms with Crippen molar-refractivity contribution in [3.8, 4) is 0 Å². The van der Waals surface area contributed by atoms with E-state index in [1.165, 1.54) is 5.57 Å². The number of nitrogen functional groups attached to an aromatic ring is 1. The minimum absolute atomic E-state index is 0.690. The number of anilines is 2. The van der Waals surface area contributed by atoms with E-state index >= 15 is 0 Å². The molecule has 4 heteroatoms. The van der Waals surface area contributed by atoms with Gasteiger partial charge in [-0.2, -0.15) is 0 Å². The van der Waals surface area contributed by atoms with Crippen LogP contribution >= 0.6 is 15.9 Å². The third-order valence-electron chi connectivity index (χ3n) is 2.47. The van der Waals surface area contributed by atoms with E-state index in [0.29, 0.717) is 5.69 Å². The molecule has 0 amide bonds. The van der Waals surface area contributed by atoms with Gasteiger partial charge in [0.05, 0.1) is 16.4 Å². The monoisotopic (exact) mass is 267 g/mol. The van der Waals surface area contributed by atoms with Crippen LogP contribution in [0, 0.1) is 0 Å². The van der Waals surface area contributed by atoms with Crippen molar-refractivity contribution in [2.45, 2.75) is 13.3 Å². The zero-order chi connectivity index (χ0) is 10.8. The van der Waals surface area contributed by atoms with E-state index in [1.54, 1.807) is 6.20 Å². The topological polar surface area (TPSA) is 42.2 Å². The summed E-state index contributed by atoms with van der Waals surface area (Å²) in [7, 11) is 0. The molecule has 2 N–H and O–H groups in total. The highest BCUT2D eigenvalue weighted by Gasteiger charge is 2.14. The quantitative estimate of drug-likeness (QED) is 0.796. The Morgan fingerprint density at radius 3 is 3.00 bits per heavy atom. The molecule has 2 heterocycles. The molecule has 0 aromatic carbocycles. The molecular weight excluding hydrogens is 254 g/mol. The summed E-state index contributed by atoms with van der Waals surface area (Å²) in [5.41, 5.74) is 7.75. The van der Waals surface area contributed by atoms with Gasteiger partial charge in [0.1, 0.15) is 5.82 Å². The summed E-state index contributed by atoms with van der Waals surface area (Å²) in [5, 5.41) is 0. The van der Waals surface area contributed by atoms with Crippen LogP contribution < -0.4 is 10.6 Å². The maximum Gasteiger partial charge on any atom is 0.143 e. The molecule has 2 rings (SSSR count). The van der Waals surface area contributed by atoms with Gasteiger partial charge < -0.3 is 10.6 Å². The molecule has 3 nitrogen and oxygen atoms in total. The van der Waals surface area contributed by atoms with Crippen LogP contribution in [0.15, 0.2) is 28.4 Å². The molecule has 0 radical (unpaired) electrons. The molecule has 1 aromatic heterocycles. The lowest BCUT2D eigenvalue weighted by Gasteiger charge is -2.28. The van der Waals surface area contributed by atoms with Crippen LogP contribution in [0.25, 0.3) is 0 Å². The molecule has 80 valence electrons. The third-order valence-corrected chi connectivity index (χ3v) is 3.06. The van der Waals surface area contributed by atoms with Gasteiger partial charge in [0.2, 0.25) is 0 Å². The molecule has 15 heavy (non-hydrogen) atoms. The molecule has 0 spiro atoms. The summed E-state index contributed by atoms with van der Waals surface area (Å²) in [4.78, 5) is 6.63. The molecule has 1 aliphatic rings. The van der Waals surface area contributed by atoms with Crippen LogP contribution in [0.1, 0.15) is 13.3 Å². The number of nitrogens with two attached hydrogens (primary N) is 1. The lowest BCUT2D eigenvalue weighted by atomic mass is 10.1. The highest BCUT2D eigenvalue weighted by atomic mass is 79.9. The van der Waals surface area contributed by atoms with E-state index in [9.17, 15) is 0 Å². The highest BCUT2D eigenvalue weighted by molar-refractivity contribution is 9.10. The fourth-order valence-corrected chi connectivity index (χ4v) is 2.39. The predicted octanol–water partition coefficient (Wildman–Crippen LogP) is 2.58. The molecule has 0 saturated heterocycles. The van der Waals surface area contributed by atoms with E-state index in [1.807, 2.05) is 6.07 Å². The number of hydrogen-bond donors (Lipinski definition) is 1. The van der Waals surface area contributed by atoms with Crippen molar-refractivity contribution in [2.75, 3.05) is 23.7 Å². The van der Waals surface area contributed by atoms with Gasteiger partial charge in [-0.05, 0) is 35.3 Å². The van der Waals surface area contributed by atoms with E-state index in [2.05, 4.69) is 38.8 Å². The Labute approximate surface area is 98.1 Å². The van der Waals surface area contributed by atoms with Crippen LogP contribution in [0.3, 0.4) is 0 Å². The summed E-state index contributed by atoms with van der Waals surface area (Å²) in [5.74, 6) is 0.983. The van der Waals surface area contributed by atoms with Gasteiger partial charge in [0.15, 0.2) is 0 Å². The molecule has 0 atom stereocenters. The second-order valence-corrected chi connectivity index (χ2v) is 4.69. The van der Waals surface area contributed by atoms with Crippen LogP contribution in [-0.4, -0.2) is 18.1 Å². The molecule has 1 aliphatic heterocycles. The maximum atomic E-state index is 5.66. The first-order valence-electron chi connectivity index (χ1n) is 4.98. The minimum atomic E-state index is 0.690. The number of rotatable bonds is 1. The van der Waals surface area contributed by atoms with E-state index < -0.39 is 0 Å². The van der Waals surface area contributed by atoms with Gasteiger partial charge in [0, 0.05) is 13.1 Å². The minimum Gasteiger partial charge on any atom is -0.397 e. The Hall–Kier alpha value is -1.03. The lowest BCUT2D eigenvalue weighted by molar-refractivity contribution is 0.776. The zero-order valence-electron chi connectivity index (χ0n) is 8.70. The first-order valence-corrected chi connectivity index (χ1v) is 5.78. The number of halogens is 1. The Kier molecular flexibility index (Phi) is 2.95. The molecule has 0 bridgehead atoms. The molecule has 0 fully saturated rings. The molecule has 1 aromatic rings. The summed E-state index contributed by atoms with van der Waals surface area (Å²) >= 11 is 3.50. The first-order chi connectivity index (χ1) is 7.16. The Morgan fingerprint density at radius 1 is 1.53 bits per heavy atom. The summed E-state index contributed by atoms with van der Waals surface area (Å²) < 4.78 is 0.970. The highest BCUT2D eigenvalue weighted by Crippen LogP contribution is 2.27. The fourth-order valence-electron chi connectivity index (χ4n) is 1.77. The van der Waals surface area contributed by atoms with Crippen molar-refractivity contribution in [1.29, 1.82) is 0 Å². The van der Waals surface area contributed by atoms with E-state index in [-0.39, 0.29) is 0 Å². The number of pyridine rings is 1. The standard InChI is InChI=1S/C11H14BrN3/c1-8-3-2-4-15(7-8)11-10(12)5-9(13)6-14-11/h3,5-6H,2,4,7,13H2,1H3. The number of hydrogen-bond acceptors (Lipinski definition) is 3. The smallest absolute Gasteiger partial charge is 0.143 e. The van der Waals surface area contributed by atoms with E-state index in [4.69, 9.17) is 5.73 Å². The van der Waals surface area contributed by atoms with Gasteiger partial charge in [-0.25, -0.2) is 4.98 Å².